The maximum atomic E-state index is 5.46. The average molecular weight is 292 g/mol. The molecule has 2 rings (SSSR count). The van der Waals surface area contributed by atoms with Crippen molar-refractivity contribution in [3.05, 3.63) is 54.6 Å². The summed E-state index contributed by atoms with van der Waals surface area (Å²) in [5.74, 6) is 0. The SMILES string of the molecule is CC.CC.CC.COC(Cn1ccnc1)c1ccccc1. The van der Waals surface area contributed by atoms with Crippen molar-refractivity contribution in [2.45, 2.75) is 54.2 Å². The second-order valence-corrected chi connectivity index (χ2v) is 3.39. The molecule has 0 radical (unpaired) electrons. The number of benzene rings is 1. The van der Waals surface area contributed by atoms with E-state index in [4.69, 9.17) is 4.74 Å². The molecule has 0 spiro atoms. The van der Waals surface area contributed by atoms with Gasteiger partial charge in [0.2, 0.25) is 0 Å². The Hall–Kier alpha value is -1.61. The maximum Gasteiger partial charge on any atom is 0.1000 e. The number of hydrogen-bond acceptors (Lipinski definition) is 2. The van der Waals surface area contributed by atoms with E-state index >= 15 is 0 Å². The second kappa shape index (κ2) is 16.4. The molecule has 3 nitrogen and oxygen atoms in total. The lowest BCUT2D eigenvalue weighted by Crippen LogP contribution is -2.09. The predicted molar refractivity (Wildman–Crippen MR) is 92.5 cm³/mol. The molecular formula is C18H32N2O. The topological polar surface area (TPSA) is 27.1 Å². The molecule has 1 aromatic carbocycles. The predicted octanol–water partition coefficient (Wildman–Crippen LogP) is 5.35. The molecule has 0 fully saturated rings. The number of hydrogen-bond donors (Lipinski definition) is 0. The van der Waals surface area contributed by atoms with Crippen LogP contribution in [0.15, 0.2) is 49.1 Å². The van der Waals surface area contributed by atoms with Crippen LogP contribution in [0.25, 0.3) is 0 Å². The van der Waals surface area contributed by atoms with Crippen molar-refractivity contribution in [2.24, 2.45) is 0 Å². The molecule has 2 aromatic rings. The molecule has 1 atom stereocenters. The van der Waals surface area contributed by atoms with Crippen molar-refractivity contribution < 1.29 is 4.74 Å². The summed E-state index contributed by atoms with van der Waals surface area (Å²) in [6, 6.07) is 10.2. The minimum absolute atomic E-state index is 0.0837. The Balaban J connectivity index is 0. The van der Waals surface area contributed by atoms with Gasteiger partial charge in [0.05, 0.1) is 19.0 Å². The molecule has 0 aliphatic rings. The zero-order chi connectivity index (χ0) is 16.5. The number of ether oxygens (including phenoxy) is 1. The van der Waals surface area contributed by atoms with Gasteiger partial charge < -0.3 is 9.30 Å². The fraction of sp³-hybridized carbons (Fsp3) is 0.500. The van der Waals surface area contributed by atoms with Crippen molar-refractivity contribution in [3.63, 3.8) is 0 Å². The highest BCUT2D eigenvalue weighted by atomic mass is 16.5. The van der Waals surface area contributed by atoms with Crippen molar-refractivity contribution in [1.29, 1.82) is 0 Å². The zero-order valence-electron chi connectivity index (χ0n) is 14.7. The van der Waals surface area contributed by atoms with E-state index in [9.17, 15) is 0 Å². The fourth-order valence-corrected chi connectivity index (χ4v) is 1.57. The van der Waals surface area contributed by atoms with Crippen molar-refractivity contribution >= 4 is 0 Å². The van der Waals surface area contributed by atoms with Crippen LogP contribution in [0.2, 0.25) is 0 Å². The van der Waals surface area contributed by atoms with E-state index in [2.05, 4.69) is 17.1 Å². The first-order valence-corrected chi connectivity index (χ1v) is 7.93. The fourth-order valence-electron chi connectivity index (χ4n) is 1.57. The summed E-state index contributed by atoms with van der Waals surface area (Å²) in [5, 5.41) is 0. The Morgan fingerprint density at radius 2 is 1.57 bits per heavy atom. The standard InChI is InChI=1S/C12H14N2O.3C2H6/c1-15-12(9-14-8-7-13-10-14)11-5-3-2-4-6-11;3*1-2/h2-8,10,12H,9H2,1H3;3*1-2H3. The third kappa shape index (κ3) is 9.03. The Morgan fingerprint density at radius 3 is 2.00 bits per heavy atom. The van der Waals surface area contributed by atoms with E-state index in [1.807, 2.05) is 70.5 Å². The molecule has 0 amide bonds. The van der Waals surface area contributed by atoms with E-state index in [0.717, 1.165) is 6.54 Å². The first-order valence-electron chi connectivity index (χ1n) is 7.93. The maximum absolute atomic E-state index is 5.46. The third-order valence-corrected chi connectivity index (χ3v) is 2.39. The van der Waals surface area contributed by atoms with Gasteiger partial charge in [-0.2, -0.15) is 0 Å². The van der Waals surface area contributed by atoms with Gasteiger partial charge in [-0.25, -0.2) is 4.98 Å². The Labute approximate surface area is 131 Å². The van der Waals surface area contributed by atoms with Gasteiger partial charge in [-0.05, 0) is 5.56 Å². The highest BCUT2D eigenvalue weighted by molar-refractivity contribution is 5.17. The second-order valence-electron chi connectivity index (χ2n) is 3.39. The Bertz CT molecular complexity index is 385. The molecule has 0 aliphatic carbocycles. The van der Waals surface area contributed by atoms with Gasteiger partial charge in [0, 0.05) is 19.5 Å². The zero-order valence-corrected chi connectivity index (χ0v) is 14.7. The molecule has 1 unspecified atom stereocenters. The van der Waals surface area contributed by atoms with Gasteiger partial charge in [0.1, 0.15) is 0 Å². The van der Waals surface area contributed by atoms with Crippen LogP contribution in [-0.2, 0) is 11.3 Å². The van der Waals surface area contributed by atoms with Crippen LogP contribution in [0, 0.1) is 0 Å². The van der Waals surface area contributed by atoms with E-state index in [1.165, 1.54) is 5.56 Å². The normalized spacial score (nSPS) is 9.86. The van der Waals surface area contributed by atoms with E-state index in [-0.39, 0.29) is 6.10 Å². The van der Waals surface area contributed by atoms with Gasteiger partial charge in [-0.15, -0.1) is 0 Å². The molecular weight excluding hydrogens is 260 g/mol. The summed E-state index contributed by atoms with van der Waals surface area (Å²) < 4.78 is 7.48. The number of aromatic nitrogens is 2. The summed E-state index contributed by atoms with van der Waals surface area (Å²) in [6.45, 7) is 12.8. The number of methoxy groups -OCH3 is 1. The highest BCUT2D eigenvalue weighted by Gasteiger charge is 2.09. The molecule has 0 aliphatic heterocycles. The van der Waals surface area contributed by atoms with E-state index in [0.29, 0.717) is 0 Å². The summed E-state index contributed by atoms with van der Waals surface area (Å²) in [6.07, 6.45) is 5.60. The van der Waals surface area contributed by atoms with Gasteiger partial charge in [0.25, 0.3) is 0 Å². The van der Waals surface area contributed by atoms with Crippen molar-refractivity contribution in [1.82, 2.24) is 9.55 Å². The lowest BCUT2D eigenvalue weighted by atomic mass is 10.1. The van der Waals surface area contributed by atoms with Gasteiger partial charge in [-0.3, -0.25) is 0 Å². The average Bonchev–Trinajstić information content (AvgIpc) is 3.12. The molecule has 0 N–H and O–H groups in total. The van der Waals surface area contributed by atoms with Crippen LogP contribution >= 0.6 is 0 Å². The summed E-state index contributed by atoms with van der Waals surface area (Å²) >= 11 is 0. The largest absolute Gasteiger partial charge is 0.375 e. The number of imidazole rings is 1. The van der Waals surface area contributed by atoms with Gasteiger partial charge >= 0.3 is 0 Å². The Kier molecular flexibility index (Phi) is 17.0. The van der Waals surface area contributed by atoms with Gasteiger partial charge in [-0.1, -0.05) is 71.9 Å². The number of nitrogens with zero attached hydrogens (tertiary/aromatic N) is 2. The molecule has 0 saturated carbocycles. The summed E-state index contributed by atoms with van der Waals surface area (Å²) in [4.78, 5) is 4.01. The van der Waals surface area contributed by atoms with Crippen LogP contribution < -0.4 is 0 Å². The molecule has 3 heteroatoms. The molecule has 1 aromatic heterocycles. The van der Waals surface area contributed by atoms with Crippen molar-refractivity contribution in [3.8, 4) is 0 Å². The monoisotopic (exact) mass is 292 g/mol. The number of rotatable bonds is 4. The van der Waals surface area contributed by atoms with Crippen LogP contribution in [0.4, 0.5) is 0 Å². The lowest BCUT2D eigenvalue weighted by molar-refractivity contribution is 0.0878. The minimum atomic E-state index is 0.0837. The highest BCUT2D eigenvalue weighted by Crippen LogP contribution is 2.17. The Morgan fingerprint density at radius 1 is 1.00 bits per heavy atom. The first kappa shape index (κ1) is 21.7. The van der Waals surface area contributed by atoms with Crippen LogP contribution in [0.5, 0.6) is 0 Å². The molecule has 0 bridgehead atoms. The molecule has 0 saturated heterocycles. The summed E-state index contributed by atoms with van der Waals surface area (Å²) in [5.41, 5.74) is 1.19. The molecule has 120 valence electrons. The van der Waals surface area contributed by atoms with E-state index < -0.39 is 0 Å². The smallest absolute Gasteiger partial charge is 0.1000 e. The summed E-state index contributed by atoms with van der Waals surface area (Å²) in [7, 11) is 1.73. The van der Waals surface area contributed by atoms with Crippen LogP contribution in [0.3, 0.4) is 0 Å². The van der Waals surface area contributed by atoms with Gasteiger partial charge in [0.15, 0.2) is 0 Å². The minimum Gasteiger partial charge on any atom is -0.375 e. The quantitative estimate of drug-likeness (QED) is 0.759. The van der Waals surface area contributed by atoms with Crippen LogP contribution in [-0.4, -0.2) is 16.7 Å². The lowest BCUT2D eigenvalue weighted by Gasteiger charge is -2.15. The van der Waals surface area contributed by atoms with E-state index in [1.54, 1.807) is 19.6 Å². The third-order valence-electron chi connectivity index (χ3n) is 2.39. The van der Waals surface area contributed by atoms with Crippen LogP contribution in [0.1, 0.15) is 53.2 Å². The van der Waals surface area contributed by atoms with Crippen molar-refractivity contribution in [2.75, 3.05) is 7.11 Å². The molecule has 1 heterocycles. The first-order chi connectivity index (χ1) is 10.4. The molecule has 21 heavy (non-hydrogen) atoms.